The zero-order valence-corrected chi connectivity index (χ0v) is 12.7. The zero-order valence-electron chi connectivity index (χ0n) is 11.1. The van der Waals surface area contributed by atoms with Crippen LogP contribution in [-0.2, 0) is 19.4 Å². The molecule has 0 bridgehead atoms. The van der Waals surface area contributed by atoms with Crippen LogP contribution in [0.15, 0.2) is 4.47 Å². The van der Waals surface area contributed by atoms with Gasteiger partial charge >= 0.3 is 0 Å². The number of rotatable bonds is 4. The van der Waals surface area contributed by atoms with Crippen molar-refractivity contribution in [2.75, 3.05) is 13.1 Å². The monoisotopic (exact) mass is 317 g/mol. The summed E-state index contributed by atoms with van der Waals surface area (Å²) in [4.78, 5) is 0. The Morgan fingerprint density at radius 3 is 2.83 bits per heavy atom. The van der Waals surface area contributed by atoms with Crippen molar-refractivity contribution in [1.82, 2.24) is 15.1 Å². The van der Waals surface area contributed by atoms with E-state index in [0.717, 1.165) is 41.8 Å². The van der Waals surface area contributed by atoms with Gasteiger partial charge in [0.2, 0.25) is 0 Å². The summed E-state index contributed by atoms with van der Waals surface area (Å²) in [6.07, 6.45) is 2.87. The van der Waals surface area contributed by atoms with Gasteiger partial charge in [0.05, 0.1) is 15.9 Å². The fraction of sp³-hybridized carbons (Fsp3) is 0.769. The molecule has 0 aromatic carbocycles. The Labute approximate surface area is 116 Å². The second kappa shape index (κ2) is 5.70. The second-order valence-electron chi connectivity index (χ2n) is 4.98. The molecule has 3 nitrogen and oxygen atoms in total. The van der Waals surface area contributed by atoms with Gasteiger partial charge in [-0.25, -0.2) is 4.39 Å². The minimum Gasteiger partial charge on any atom is -0.314 e. The molecule has 102 valence electrons. The Hall–Kier alpha value is -0.420. The van der Waals surface area contributed by atoms with Crippen molar-refractivity contribution in [3.8, 4) is 0 Å². The Kier molecular flexibility index (Phi) is 4.43. The lowest BCUT2D eigenvalue weighted by atomic mass is 9.91. The molecule has 0 aliphatic carbocycles. The predicted molar refractivity (Wildman–Crippen MR) is 74.6 cm³/mol. The van der Waals surface area contributed by atoms with Crippen molar-refractivity contribution in [2.45, 2.75) is 51.7 Å². The average Bonchev–Trinajstić information content (AvgIpc) is 2.67. The van der Waals surface area contributed by atoms with Gasteiger partial charge in [-0.3, -0.25) is 4.68 Å². The molecule has 0 saturated carbocycles. The molecule has 1 aliphatic heterocycles. The van der Waals surface area contributed by atoms with E-state index in [9.17, 15) is 4.39 Å². The lowest BCUT2D eigenvalue weighted by Gasteiger charge is -2.30. The van der Waals surface area contributed by atoms with E-state index < -0.39 is 5.67 Å². The van der Waals surface area contributed by atoms with Crippen molar-refractivity contribution in [3.63, 3.8) is 0 Å². The number of halogens is 2. The first kappa shape index (κ1) is 14.0. The van der Waals surface area contributed by atoms with Crippen LogP contribution >= 0.6 is 15.9 Å². The summed E-state index contributed by atoms with van der Waals surface area (Å²) in [5, 5.41) is 7.68. The molecule has 1 unspecified atom stereocenters. The number of piperidine rings is 1. The summed E-state index contributed by atoms with van der Waals surface area (Å²) >= 11 is 3.58. The first-order valence-corrected chi connectivity index (χ1v) is 7.52. The van der Waals surface area contributed by atoms with Gasteiger partial charge in [0.25, 0.3) is 0 Å². The smallest absolute Gasteiger partial charge is 0.129 e. The SMILES string of the molecule is CCc1nn(CC)c(CC2(F)CCCNC2)c1Br. The van der Waals surface area contributed by atoms with Crippen LogP contribution in [0.4, 0.5) is 4.39 Å². The van der Waals surface area contributed by atoms with Gasteiger partial charge in [0.1, 0.15) is 5.67 Å². The van der Waals surface area contributed by atoms with Gasteiger partial charge in [0.15, 0.2) is 0 Å². The number of aromatic nitrogens is 2. The Morgan fingerprint density at radius 1 is 1.50 bits per heavy atom. The summed E-state index contributed by atoms with van der Waals surface area (Å²) < 4.78 is 17.7. The fourth-order valence-corrected chi connectivity index (χ4v) is 3.27. The van der Waals surface area contributed by atoms with Crippen molar-refractivity contribution < 1.29 is 4.39 Å². The Bertz CT molecular complexity index is 411. The van der Waals surface area contributed by atoms with Crippen LogP contribution in [-0.4, -0.2) is 28.5 Å². The molecule has 1 N–H and O–H groups in total. The second-order valence-corrected chi connectivity index (χ2v) is 5.78. The van der Waals surface area contributed by atoms with E-state index in [1.54, 1.807) is 0 Å². The molecule has 0 amide bonds. The van der Waals surface area contributed by atoms with Crippen LogP contribution in [0.3, 0.4) is 0 Å². The first-order valence-electron chi connectivity index (χ1n) is 6.73. The minimum atomic E-state index is -1.13. The number of nitrogens with zero attached hydrogens (tertiary/aromatic N) is 2. The van der Waals surface area contributed by atoms with E-state index >= 15 is 0 Å². The fourth-order valence-electron chi connectivity index (χ4n) is 2.57. The third kappa shape index (κ3) is 2.77. The van der Waals surface area contributed by atoms with E-state index in [0.29, 0.717) is 19.4 Å². The van der Waals surface area contributed by atoms with Crippen LogP contribution in [0, 0.1) is 0 Å². The van der Waals surface area contributed by atoms with Crippen molar-refractivity contribution >= 4 is 15.9 Å². The van der Waals surface area contributed by atoms with Gasteiger partial charge < -0.3 is 5.32 Å². The maximum atomic E-state index is 14.7. The molecule has 1 aromatic rings. The highest BCUT2D eigenvalue weighted by atomic mass is 79.9. The van der Waals surface area contributed by atoms with Crippen molar-refractivity contribution in [3.05, 3.63) is 15.9 Å². The summed E-state index contributed by atoms with van der Waals surface area (Å²) in [5.41, 5.74) is 0.901. The largest absolute Gasteiger partial charge is 0.314 e. The van der Waals surface area contributed by atoms with Crippen LogP contribution in [0.2, 0.25) is 0 Å². The molecule has 0 spiro atoms. The number of alkyl halides is 1. The normalized spacial score (nSPS) is 24.4. The quantitative estimate of drug-likeness (QED) is 0.925. The number of aryl methyl sites for hydroxylation is 2. The lowest BCUT2D eigenvalue weighted by Crippen LogP contribution is -2.44. The maximum Gasteiger partial charge on any atom is 0.129 e. The summed E-state index contributed by atoms with van der Waals surface area (Å²) in [6, 6.07) is 0. The van der Waals surface area contributed by atoms with Gasteiger partial charge in [-0.05, 0) is 48.7 Å². The lowest BCUT2D eigenvalue weighted by molar-refractivity contribution is 0.119. The number of hydrogen-bond acceptors (Lipinski definition) is 2. The highest BCUT2D eigenvalue weighted by Crippen LogP contribution is 2.31. The first-order chi connectivity index (χ1) is 8.59. The Morgan fingerprint density at radius 2 is 2.28 bits per heavy atom. The third-order valence-corrected chi connectivity index (χ3v) is 4.51. The third-order valence-electron chi connectivity index (χ3n) is 3.60. The van der Waals surface area contributed by atoms with Crippen LogP contribution in [0.1, 0.15) is 38.1 Å². The summed E-state index contributed by atoms with van der Waals surface area (Å²) in [6.45, 7) is 6.30. The van der Waals surface area contributed by atoms with Gasteiger partial charge in [-0.15, -0.1) is 0 Å². The molecular formula is C13H21BrFN3. The molecule has 2 heterocycles. The molecule has 1 aliphatic rings. The maximum absolute atomic E-state index is 14.7. The van der Waals surface area contributed by atoms with Gasteiger partial charge in [-0.2, -0.15) is 5.10 Å². The van der Waals surface area contributed by atoms with Crippen molar-refractivity contribution in [1.29, 1.82) is 0 Å². The molecule has 1 aromatic heterocycles. The zero-order chi connectivity index (χ0) is 13.2. The van der Waals surface area contributed by atoms with E-state index in [2.05, 4.69) is 33.3 Å². The molecule has 5 heteroatoms. The molecular weight excluding hydrogens is 297 g/mol. The standard InChI is InChI=1S/C13H21BrFN3/c1-3-10-12(14)11(18(4-2)17-10)8-13(15)6-5-7-16-9-13/h16H,3-9H2,1-2H3. The van der Waals surface area contributed by atoms with E-state index in [4.69, 9.17) is 0 Å². The van der Waals surface area contributed by atoms with E-state index in [-0.39, 0.29) is 0 Å². The van der Waals surface area contributed by atoms with Crippen LogP contribution in [0.25, 0.3) is 0 Å². The van der Waals surface area contributed by atoms with Gasteiger partial charge in [-0.1, -0.05) is 6.92 Å². The molecule has 0 radical (unpaired) electrons. The minimum absolute atomic E-state index is 0.446. The van der Waals surface area contributed by atoms with Gasteiger partial charge in [0, 0.05) is 19.5 Å². The molecule has 18 heavy (non-hydrogen) atoms. The summed E-state index contributed by atoms with van der Waals surface area (Å²) in [5.74, 6) is 0. The predicted octanol–water partition coefficient (Wildman–Crippen LogP) is 2.86. The number of nitrogens with one attached hydrogen (secondary N) is 1. The van der Waals surface area contributed by atoms with Crippen molar-refractivity contribution in [2.24, 2.45) is 0 Å². The molecule has 2 rings (SSSR count). The highest BCUT2D eigenvalue weighted by Gasteiger charge is 2.34. The van der Waals surface area contributed by atoms with Crippen LogP contribution in [0.5, 0.6) is 0 Å². The van der Waals surface area contributed by atoms with E-state index in [1.807, 2.05) is 11.6 Å². The number of hydrogen-bond donors (Lipinski definition) is 1. The van der Waals surface area contributed by atoms with Crippen LogP contribution < -0.4 is 5.32 Å². The topological polar surface area (TPSA) is 29.9 Å². The highest BCUT2D eigenvalue weighted by molar-refractivity contribution is 9.10. The van der Waals surface area contributed by atoms with E-state index in [1.165, 1.54) is 0 Å². The molecule has 1 fully saturated rings. The average molecular weight is 318 g/mol. The molecule has 1 atom stereocenters. The summed E-state index contributed by atoms with van der Waals surface area (Å²) in [7, 11) is 0. The Balaban J connectivity index is 2.24. The molecule has 1 saturated heterocycles.